The molecule has 0 unspecified atom stereocenters. The van der Waals surface area contributed by atoms with Crippen molar-refractivity contribution >= 4 is 11.8 Å². The summed E-state index contributed by atoms with van der Waals surface area (Å²) in [5.41, 5.74) is 3.71. The number of rotatable bonds is 6. The molecule has 0 spiro atoms. The highest BCUT2D eigenvalue weighted by molar-refractivity contribution is 7.99. The first kappa shape index (κ1) is 17.5. The average Bonchev–Trinajstić information content (AvgIpc) is 3.01. The van der Waals surface area contributed by atoms with Gasteiger partial charge in [0.15, 0.2) is 5.16 Å². The smallest absolute Gasteiger partial charge is 0.195 e. The third-order valence-electron chi connectivity index (χ3n) is 4.57. The molecule has 0 N–H and O–H groups in total. The lowest BCUT2D eigenvalue weighted by Crippen LogP contribution is -2.44. The number of likely N-dealkylation sites (N-methyl/N-ethyl adjacent to an activating group) is 1. The highest BCUT2D eigenvalue weighted by atomic mass is 32.2. The SMILES string of the molecule is Cc1ccc(-n2cnnc2SCCCN2CCN(C)CC2)c(C)c1. The first-order valence-electron chi connectivity index (χ1n) is 8.65. The van der Waals surface area contributed by atoms with Gasteiger partial charge in [-0.1, -0.05) is 29.5 Å². The fraction of sp³-hybridized carbons (Fsp3) is 0.556. The van der Waals surface area contributed by atoms with Crippen molar-refractivity contribution in [1.82, 2.24) is 24.6 Å². The molecule has 0 radical (unpaired) electrons. The van der Waals surface area contributed by atoms with Gasteiger partial charge in [0.25, 0.3) is 0 Å². The van der Waals surface area contributed by atoms with Gasteiger partial charge in [-0.3, -0.25) is 4.57 Å². The summed E-state index contributed by atoms with van der Waals surface area (Å²) < 4.78 is 2.11. The minimum Gasteiger partial charge on any atom is -0.304 e. The Hall–Kier alpha value is -1.37. The summed E-state index contributed by atoms with van der Waals surface area (Å²) in [5, 5.41) is 9.41. The molecule has 5 nitrogen and oxygen atoms in total. The molecule has 1 aromatic carbocycles. The fourth-order valence-corrected chi connectivity index (χ4v) is 3.93. The van der Waals surface area contributed by atoms with Gasteiger partial charge in [0.2, 0.25) is 0 Å². The summed E-state index contributed by atoms with van der Waals surface area (Å²) in [7, 11) is 2.20. The predicted molar refractivity (Wildman–Crippen MR) is 100 cm³/mol. The quantitative estimate of drug-likeness (QED) is 0.594. The molecule has 0 atom stereocenters. The van der Waals surface area contributed by atoms with Crippen LogP contribution in [0, 0.1) is 13.8 Å². The van der Waals surface area contributed by atoms with Crippen molar-refractivity contribution in [3.05, 3.63) is 35.7 Å². The topological polar surface area (TPSA) is 37.2 Å². The van der Waals surface area contributed by atoms with Crippen molar-refractivity contribution in [2.45, 2.75) is 25.4 Å². The van der Waals surface area contributed by atoms with Gasteiger partial charge in [0.1, 0.15) is 6.33 Å². The fourth-order valence-electron chi connectivity index (χ4n) is 3.09. The Morgan fingerprint density at radius 1 is 1.12 bits per heavy atom. The van der Waals surface area contributed by atoms with Crippen LogP contribution in [0.5, 0.6) is 0 Å². The molecule has 2 heterocycles. The van der Waals surface area contributed by atoms with Gasteiger partial charge in [0.05, 0.1) is 5.69 Å². The second-order valence-electron chi connectivity index (χ2n) is 6.62. The van der Waals surface area contributed by atoms with Crippen molar-refractivity contribution in [3.63, 3.8) is 0 Å². The lowest BCUT2D eigenvalue weighted by atomic mass is 10.1. The van der Waals surface area contributed by atoms with Crippen LogP contribution in [-0.2, 0) is 0 Å². The Bertz CT molecular complexity index is 661. The van der Waals surface area contributed by atoms with E-state index in [1.165, 1.54) is 56.0 Å². The number of hydrogen-bond acceptors (Lipinski definition) is 5. The molecular weight excluding hydrogens is 318 g/mol. The third kappa shape index (κ3) is 4.37. The number of hydrogen-bond donors (Lipinski definition) is 0. The molecule has 1 fully saturated rings. The van der Waals surface area contributed by atoms with Gasteiger partial charge < -0.3 is 9.80 Å². The predicted octanol–water partition coefficient (Wildman–Crippen LogP) is 2.61. The largest absolute Gasteiger partial charge is 0.304 e. The molecule has 0 amide bonds. The van der Waals surface area contributed by atoms with Crippen LogP contribution in [0.15, 0.2) is 29.7 Å². The van der Waals surface area contributed by atoms with Crippen molar-refractivity contribution in [2.24, 2.45) is 0 Å². The lowest BCUT2D eigenvalue weighted by Gasteiger charge is -2.32. The average molecular weight is 346 g/mol. The first-order valence-corrected chi connectivity index (χ1v) is 9.63. The summed E-state index contributed by atoms with van der Waals surface area (Å²) in [5.74, 6) is 1.08. The number of benzene rings is 1. The molecular formula is C18H27N5S. The van der Waals surface area contributed by atoms with Gasteiger partial charge in [-0.15, -0.1) is 10.2 Å². The van der Waals surface area contributed by atoms with Crippen LogP contribution in [0.3, 0.4) is 0 Å². The van der Waals surface area contributed by atoms with Crippen molar-refractivity contribution in [2.75, 3.05) is 45.5 Å². The summed E-state index contributed by atoms with van der Waals surface area (Å²) >= 11 is 1.80. The first-order chi connectivity index (χ1) is 11.6. The van der Waals surface area contributed by atoms with E-state index in [4.69, 9.17) is 0 Å². The number of aromatic nitrogens is 3. The monoisotopic (exact) mass is 345 g/mol. The molecule has 6 heteroatoms. The van der Waals surface area contributed by atoms with Crippen LogP contribution in [0.25, 0.3) is 5.69 Å². The van der Waals surface area contributed by atoms with E-state index in [0.29, 0.717) is 0 Å². The minimum atomic E-state index is 0.986. The summed E-state index contributed by atoms with van der Waals surface area (Å²) in [6.07, 6.45) is 3.01. The van der Waals surface area contributed by atoms with Crippen molar-refractivity contribution < 1.29 is 0 Å². The van der Waals surface area contributed by atoms with Crippen molar-refractivity contribution in [3.8, 4) is 5.69 Å². The molecule has 0 aliphatic carbocycles. The van der Waals surface area contributed by atoms with Gasteiger partial charge in [-0.2, -0.15) is 0 Å². The molecule has 0 bridgehead atoms. The lowest BCUT2D eigenvalue weighted by molar-refractivity contribution is 0.154. The second-order valence-corrected chi connectivity index (χ2v) is 7.68. The highest BCUT2D eigenvalue weighted by Gasteiger charge is 2.13. The number of piperazine rings is 1. The Kier molecular flexibility index (Phi) is 5.92. The summed E-state index contributed by atoms with van der Waals surface area (Å²) in [6.45, 7) is 10.2. The number of aryl methyl sites for hydroxylation is 2. The summed E-state index contributed by atoms with van der Waals surface area (Å²) in [6, 6.07) is 6.50. The number of thioether (sulfide) groups is 1. The standard InChI is InChI=1S/C18H27N5S/c1-15-5-6-17(16(2)13-15)23-14-19-20-18(23)24-12-4-7-22-10-8-21(3)9-11-22/h5-6,13-14H,4,7-12H2,1-3H3. The zero-order chi connectivity index (χ0) is 16.9. The van der Waals surface area contributed by atoms with E-state index in [0.717, 1.165) is 10.9 Å². The maximum absolute atomic E-state index is 4.31. The Labute approximate surface area is 149 Å². The van der Waals surface area contributed by atoms with E-state index in [1.54, 1.807) is 11.8 Å². The van der Waals surface area contributed by atoms with E-state index >= 15 is 0 Å². The Morgan fingerprint density at radius 2 is 1.92 bits per heavy atom. The second kappa shape index (κ2) is 8.14. The number of nitrogens with zero attached hydrogens (tertiary/aromatic N) is 5. The Balaban J connectivity index is 1.52. The van der Waals surface area contributed by atoms with E-state index < -0.39 is 0 Å². The molecule has 1 aliphatic rings. The molecule has 130 valence electrons. The van der Waals surface area contributed by atoms with Crippen LogP contribution in [0.4, 0.5) is 0 Å². The van der Waals surface area contributed by atoms with Crippen LogP contribution < -0.4 is 0 Å². The van der Waals surface area contributed by atoms with E-state index in [9.17, 15) is 0 Å². The molecule has 2 aromatic rings. The van der Waals surface area contributed by atoms with E-state index in [-0.39, 0.29) is 0 Å². The van der Waals surface area contributed by atoms with Crippen LogP contribution in [0.2, 0.25) is 0 Å². The van der Waals surface area contributed by atoms with Gasteiger partial charge >= 0.3 is 0 Å². The van der Waals surface area contributed by atoms with E-state index in [1.807, 2.05) is 6.33 Å². The molecule has 1 aromatic heterocycles. The summed E-state index contributed by atoms with van der Waals surface area (Å²) in [4.78, 5) is 4.97. The maximum Gasteiger partial charge on any atom is 0.195 e. The zero-order valence-electron chi connectivity index (χ0n) is 14.9. The molecule has 3 rings (SSSR count). The van der Waals surface area contributed by atoms with Gasteiger partial charge in [-0.05, 0) is 45.5 Å². The van der Waals surface area contributed by atoms with Crippen LogP contribution in [-0.4, -0.2) is 70.1 Å². The Morgan fingerprint density at radius 3 is 2.67 bits per heavy atom. The van der Waals surface area contributed by atoms with Gasteiger partial charge in [-0.25, -0.2) is 0 Å². The highest BCUT2D eigenvalue weighted by Crippen LogP contribution is 2.23. The van der Waals surface area contributed by atoms with Crippen LogP contribution >= 0.6 is 11.8 Å². The minimum absolute atomic E-state index is 0.986. The maximum atomic E-state index is 4.31. The molecule has 0 saturated carbocycles. The molecule has 1 aliphatic heterocycles. The molecule has 24 heavy (non-hydrogen) atoms. The van der Waals surface area contributed by atoms with E-state index in [2.05, 4.69) is 63.7 Å². The van der Waals surface area contributed by atoms with Crippen LogP contribution in [0.1, 0.15) is 17.5 Å². The third-order valence-corrected chi connectivity index (χ3v) is 5.60. The zero-order valence-corrected chi connectivity index (χ0v) is 15.7. The normalized spacial score (nSPS) is 16.6. The van der Waals surface area contributed by atoms with Crippen molar-refractivity contribution in [1.29, 1.82) is 0 Å². The molecule has 1 saturated heterocycles. The van der Waals surface area contributed by atoms with Gasteiger partial charge in [0, 0.05) is 31.9 Å².